The van der Waals surface area contributed by atoms with Gasteiger partial charge in [-0.05, 0) is 24.3 Å². The number of nitrogens with zero attached hydrogens (tertiary/aromatic N) is 4. The van der Waals surface area contributed by atoms with E-state index < -0.39 is 5.91 Å². The summed E-state index contributed by atoms with van der Waals surface area (Å²) in [5.74, 6) is -0.402. The van der Waals surface area contributed by atoms with Crippen LogP contribution in [0.5, 0.6) is 0 Å². The topological polar surface area (TPSA) is 72.7 Å². The van der Waals surface area contributed by atoms with Gasteiger partial charge in [-0.1, -0.05) is 41.4 Å². The molecule has 1 N–H and O–H groups in total. The first-order chi connectivity index (χ1) is 12.6. The Labute approximate surface area is 158 Å². The zero-order valence-corrected chi connectivity index (χ0v) is 14.7. The van der Waals surface area contributed by atoms with Gasteiger partial charge in [0.05, 0.1) is 32.5 Å². The zero-order valence-electron chi connectivity index (χ0n) is 13.2. The van der Waals surface area contributed by atoms with E-state index in [4.69, 9.17) is 23.2 Å². The molecule has 2 aromatic heterocycles. The molecule has 1 amide bonds. The molecule has 0 unspecified atom stereocenters. The second-order valence-corrected chi connectivity index (χ2v) is 6.24. The fourth-order valence-corrected chi connectivity index (χ4v) is 3.26. The number of nitrogens with one attached hydrogen (secondary N) is 1. The average molecular weight is 384 g/mol. The van der Waals surface area contributed by atoms with Crippen LogP contribution in [0.25, 0.3) is 16.6 Å². The molecule has 4 aromatic rings. The fourth-order valence-electron chi connectivity index (χ4n) is 2.69. The molecule has 0 aliphatic rings. The van der Waals surface area contributed by atoms with Crippen LogP contribution in [0, 0.1) is 0 Å². The Morgan fingerprint density at radius 2 is 1.81 bits per heavy atom. The molecule has 0 fully saturated rings. The number of benzene rings is 2. The smallest absolute Gasteiger partial charge is 0.258 e. The van der Waals surface area contributed by atoms with Gasteiger partial charge in [0, 0.05) is 11.6 Å². The van der Waals surface area contributed by atoms with Crippen molar-refractivity contribution in [3.63, 3.8) is 0 Å². The standard InChI is InChI=1S/C18H11Cl2N5O/c19-12-4-2-5-13(20)16(12)18(26)24-14-6-1-3-11-15(7-8-22-17(11)14)25-10-21-9-23-25/h1-10H,(H,24,26). The second-order valence-electron chi connectivity index (χ2n) is 5.42. The summed E-state index contributed by atoms with van der Waals surface area (Å²) in [5, 5.41) is 8.38. The summed E-state index contributed by atoms with van der Waals surface area (Å²) in [6.45, 7) is 0. The third-order valence-electron chi connectivity index (χ3n) is 3.85. The van der Waals surface area contributed by atoms with Gasteiger partial charge in [0.1, 0.15) is 12.7 Å². The van der Waals surface area contributed by atoms with E-state index in [-0.39, 0.29) is 15.6 Å². The SMILES string of the molecule is O=C(Nc1cccc2c(-n3cncn3)ccnc12)c1c(Cl)cccc1Cl. The number of carbonyl (C=O) groups is 1. The van der Waals surface area contributed by atoms with Gasteiger partial charge in [-0.15, -0.1) is 0 Å². The molecule has 0 saturated carbocycles. The number of carbonyl (C=O) groups excluding carboxylic acids is 1. The molecule has 128 valence electrons. The average Bonchev–Trinajstić information content (AvgIpc) is 3.16. The van der Waals surface area contributed by atoms with Crippen molar-refractivity contribution < 1.29 is 4.79 Å². The lowest BCUT2D eigenvalue weighted by molar-refractivity contribution is 0.102. The summed E-state index contributed by atoms with van der Waals surface area (Å²) < 4.78 is 1.64. The summed E-state index contributed by atoms with van der Waals surface area (Å²) in [7, 11) is 0. The third kappa shape index (κ3) is 2.89. The van der Waals surface area contributed by atoms with Gasteiger partial charge in [0.15, 0.2) is 0 Å². The number of fused-ring (bicyclic) bond motifs is 1. The second kappa shape index (κ2) is 6.74. The first-order valence-electron chi connectivity index (χ1n) is 7.63. The Balaban J connectivity index is 1.78. The Hall–Kier alpha value is -2.96. The predicted molar refractivity (Wildman–Crippen MR) is 101 cm³/mol. The maximum absolute atomic E-state index is 12.7. The minimum atomic E-state index is -0.402. The molecule has 4 rings (SSSR count). The summed E-state index contributed by atoms with van der Waals surface area (Å²) in [5.41, 5.74) is 2.20. The lowest BCUT2D eigenvalue weighted by Crippen LogP contribution is -2.13. The molecule has 2 heterocycles. The minimum Gasteiger partial charge on any atom is -0.320 e. The highest BCUT2D eigenvalue weighted by atomic mass is 35.5. The monoisotopic (exact) mass is 383 g/mol. The van der Waals surface area contributed by atoms with Crippen LogP contribution in [0.4, 0.5) is 5.69 Å². The highest BCUT2D eigenvalue weighted by molar-refractivity contribution is 6.40. The van der Waals surface area contributed by atoms with Crippen LogP contribution in [0.15, 0.2) is 61.3 Å². The van der Waals surface area contributed by atoms with Crippen LogP contribution in [0.2, 0.25) is 10.0 Å². The largest absolute Gasteiger partial charge is 0.320 e. The molecule has 0 aliphatic carbocycles. The van der Waals surface area contributed by atoms with E-state index in [1.807, 2.05) is 18.2 Å². The number of halogens is 2. The van der Waals surface area contributed by atoms with Crippen LogP contribution in [-0.4, -0.2) is 25.7 Å². The van der Waals surface area contributed by atoms with Gasteiger partial charge < -0.3 is 5.32 Å². The number of hydrogen-bond acceptors (Lipinski definition) is 4. The van der Waals surface area contributed by atoms with Crippen molar-refractivity contribution in [2.24, 2.45) is 0 Å². The highest BCUT2D eigenvalue weighted by Crippen LogP contribution is 2.29. The Morgan fingerprint density at radius 1 is 1.04 bits per heavy atom. The number of anilines is 1. The lowest BCUT2D eigenvalue weighted by Gasteiger charge is -2.12. The Kier molecular flexibility index (Phi) is 4.28. The maximum Gasteiger partial charge on any atom is 0.258 e. The maximum atomic E-state index is 12.7. The van der Waals surface area contributed by atoms with Gasteiger partial charge in [-0.3, -0.25) is 9.78 Å². The van der Waals surface area contributed by atoms with E-state index in [9.17, 15) is 4.79 Å². The Morgan fingerprint density at radius 3 is 2.54 bits per heavy atom. The van der Waals surface area contributed by atoms with Crippen molar-refractivity contribution in [3.8, 4) is 5.69 Å². The molecule has 8 heteroatoms. The summed E-state index contributed by atoms with van der Waals surface area (Å²) in [6.07, 6.45) is 4.71. The molecule has 0 radical (unpaired) electrons. The number of aromatic nitrogens is 4. The van der Waals surface area contributed by atoms with E-state index in [0.29, 0.717) is 11.2 Å². The quantitative estimate of drug-likeness (QED) is 0.569. The number of rotatable bonds is 3. The van der Waals surface area contributed by atoms with Gasteiger partial charge in [-0.2, -0.15) is 5.10 Å². The van der Waals surface area contributed by atoms with Crippen LogP contribution >= 0.6 is 23.2 Å². The number of para-hydroxylation sites is 1. The summed E-state index contributed by atoms with van der Waals surface area (Å²) >= 11 is 12.2. The van der Waals surface area contributed by atoms with Crippen molar-refractivity contribution in [2.75, 3.05) is 5.32 Å². The molecule has 0 spiro atoms. The van der Waals surface area contributed by atoms with Gasteiger partial charge >= 0.3 is 0 Å². The van der Waals surface area contributed by atoms with Crippen LogP contribution in [0.3, 0.4) is 0 Å². The van der Waals surface area contributed by atoms with Gasteiger partial charge in [0.25, 0.3) is 5.91 Å². The molecule has 0 aliphatic heterocycles. The van der Waals surface area contributed by atoms with Crippen LogP contribution < -0.4 is 5.32 Å². The molecule has 6 nitrogen and oxygen atoms in total. The summed E-state index contributed by atoms with van der Waals surface area (Å²) in [4.78, 5) is 21.0. The molecular weight excluding hydrogens is 373 g/mol. The van der Waals surface area contributed by atoms with Crippen molar-refractivity contribution in [1.29, 1.82) is 0 Å². The van der Waals surface area contributed by atoms with E-state index in [0.717, 1.165) is 11.1 Å². The van der Waals surface area contributed by atoms with Crippen LogP contribution in [0.1, 0.15) is 10.4 Å². The van der Waals surface area contributed by atoms with E-state index >= 15 is 0 Å². The van der Waals surface area contributed by atoms with Crippen LogP contribution in [-0.2, 0) is 0 Å². The minimum absolute atomic E-state index is 0.222. The van der Waals surface area contributed by atoms with Crippen molar-refractivity contribution >= 4 is 45.7 Å². The van der Waals surface area contributed by atoms with E-state index in [1.54, 1.807) is 41.5 Å². The fraction of sp³-hybridized carbons (Fsp3) is 0. The molecule has 0 bridgehead atoms. The predicted octanol–water partition coefficient (Wildman–Crippen LogP) is 4.37. The van der Waals surface area contributed by atoms with Crippen molar-refractivity contribution in [3.05, 3.63) is 76.9 Å². The number of amides is 1. The number of pyridine rings is 1. The van der Waals surface area contributed by atoms with Crippen molar-refractivity contribution in [1.82, 2.24) is 19.7 Å². The molecular formula is C18H11Cl2N5O. The molecule has 0 saturated heterocycles. The molecule has 2 aromatic carbocycles. The summed E-state index contributed by atoms with van der Waals surface area (Å²) in [6, 6.07) is 12.2. The van der Waals surface area contributed by atoms with Gasteiger partial charge in [0.2, 0.25) is 0 Å². The molecule has 26 heavy (non-hydrogen) atoms. The normalized spacial score (nSPS) is 10.8. The Bertz CT molecular complexity index is 1090. The first kappa shape index (κ1) is 16.5. The zero-order chi connectivity index (χ0) is 18.1. The third-order valence-corrected chi connectivity index (χ3v) is 4.48. The van der Waals surface area contributed by atoms with E-state index in [2.05, 4.69) is 20.4 Å². The lowest BCUT2D eigenvalue weighted by atomic mass is 10.1. The number of hydrogen-bond donors (Lipinski definition) is 1. The van der Waals surface area contributed by atoms with E-state index in [1.165, 1.54) is 6.33 Å². The first-order valence-corrected chi connectivity index (χ1v) is 8.39. The highest BCUT2D eigenvalue weighted by Gasteiger charge is 2.16. The van der Waals surface area contributed by atoms with Crippen molar-refractivity contribution in [2.45, 2.75) is 0 Å². The molecule has 0 atom stereocenters. The van der Waals surface area contributed by atoms with Gasteiger partial charge in [-0.25, -0.2) is 9.67 Å².